The van der Waals surface area contributed by atoms with Crippen LogP contribution in [-0.4, -0.2) is 25.0 Å². The van der Waals surface area contributed by atoms with Gasteiger partial charge in [-0.1, -0.05) is 0 Å². The first-order valence-corrected chi connectivity index (χ1v) is 3.14. The number of hydrogen-bond acceptors (Lipinski definition) is 4. The van der Waals surface area contributed by atoms with Gasteiger partial charge in [-0.2, -0.15) is 0 Å². The molecule has 0 saturated heterocycles. The third-order valence-corrected chi connectivity index (χ3v) is 1.47. The van der Waals surface area contributed by atoms with Crippen LogP contribution >= 0.6 is 12.4 Å². The highest BCUT2D eigenvalue weighted by atomic mass is 35.5. The van der Waals surface area contributed by atoms with Gasteiger partial charge in [0.05, 0.1) is 12.9 Å². The van der Waals surface area contributed by atoms with Gasteiger partial charge in [-0.3, -0.25) is 4.99 Å². The van der Waals surface area contributed by atoms with Gasteiger partial charge in [-0.15, -0.1) is 12.4 Å². The molecule has 0 spiro atoms. The van der Waals surface area contributed by atoms with Crippen molar-refractivity contribution in [1.29, 1.82) is 0 Å². The summed E-state index contributed by atoms with van der Waals surface area (Å²) in [5.41, 5.74) is 5.36. The van der Waals surface area contributed by atoms with Gasteiger partial charge >= 0.3 is 5.97 Å². The van der Waals surface area contributed by atoms with Crippen LogP contribution in [0.25, 0.3) is 0 Å². The number of nitrogens with zero attached hydrogens (tertiary/aromatic N) is 1. The molecule has 1 heterocycles. The summed E-state index contributed by atoms with van der Waals surface area (Å²) >= 11 is 0. The lowest BCUT2D eigenvalue weighted by molar-refractivity contribution is -0.141. The molecule has 0 bridgehead atoms. The van der Waals surface area contributed by atoms with Gasteiger partial charge in [-0.25, -0.2) is 4.79 Å². The van der Waals surface area contributed by atoms with Crippen molar-refractivity contribution in [3.8, 4) is 0 Å². The lowest BCUT2D eigenvalue weighted by Gasteiger charge is -2.00. The predicted molar refractivity (Wildman–Crippen MR) is 43.9 cm³/mol. The second-order valence-electron chi connectivity index (χ2n) is 2.20. The van der Waals surface area contributed by atoms with E-state index in [1.165, 1.54) is 7.11 Å². The van der Waals surface area contributed by atoms with Crippen LogP contribution in [0.4, 0.5) is 0 Å². The molecule has 0 aliphatic carbocycles. The normalized spacial score (nSPS) is 21.9. The molecular formula is C6H11ClN2O2. The summed E-state index contributed by atoms with van der Waals surface area (Å²) in [5, 5.41) is 0. The van der Waals surface area contributed by atoms with Crippen LogP contribution in [0, 0.1) is 0 Å². The molecule has 0 aromatic rings. The van der Waals surface area contributed by atoms with Gasteiger partial charge in [0.2, 0.25) is 0 Å². The van der Waals surface area contributed by atoms with Crippen molar-refractivity contribution in [2.75, 3.05) is 7.11 Å². The number of rotatable bonds is 1. The minimum absolute atomic E-state index is 0. The fourth-order valence-electron chi connectivity index (χ4n) is 0.920. The maximum Gasteiger partial charge on any atom is 0.330 e. The minimum atomic E-state index is -0.343. The Balaban J connectivity index is 0.000001000. The van der Waals surface area contributed by atoms with E-state index < -0.39 is 0 Å². The van der Waals surface area contributed by atoms with Crippen LogP contribution in [0.5, 0.6) is 0 Å². The molecule has 5 heteroatoms. The Kier molecular flexibility index (Phi) is 3.89. The number of carbonyl (C=O) groups is 1. The largest absolute Gasteiger partial charge is 0.467 e. The van der Waals surface area contributed by atoms with Crippen molar-refractivity contribution in [3.05, 3.63) is 0 Å². The molecular weight excluding hydrogens is 168 g/mol. The molecule has 0 fully saturated rings. The average Bonchev–Trinajstić information content (AvgIpc) is 2.34. The van der Waals surface area contributed by atoms with Gasteiger partial charge < -0.3 is 10.5 Å². The molecule has 1 aliphatic heterocycles. The predicted octanol–water partition coefficient (Wildman–Crippen LogP) is 0.101. The zero-order valence-corrected chi connectivity index (χ0v) is 7.06. The average molecular weight is 179 g/mol. The van der Waals surface area contributed by atoms with Crippen LogP contribution in [-0.2, 0) is 9.53 Å². The van der Waals surface area contributed by atoms with Gasteiger partial charge in [0.1, 0.15) is 6.04 Å². The Morgan fingerprint density at radius 2 is 2.45 bits per heavy atom. The molecule has 0 aromatic heterocycles. The van der Waals surface area contributed by atoms with E-state index >= 15 is 0 Å². The third-order valence-electron chi connectivity index (χ3n) is 1.47. The van der Waals surface area contributed by atoms with Crippen molar-refractivity contribution >= 4 is 24.2 Å². The number of amidine groups is 1. The number of halogens is 1. The van der Waals surface area contributed by atoms with E-state index in [1.807, 2.05) is 0 Å². The molecule has 4 nitrogen and oxygen atoms in total. The van der Waals surface area contributed by atoms with Crippen LogP contribution < -0.4 is 5.73 Å². The highest BCUT2D eigenvalue weighted by Gasteiger charge is 2.23. The number of methoxy groups -OCH3 is 1. The fourth-order valence-corrected chi connectivity index (χ4v) is 0.920. The molecule has 11 heavy (non-hydrogen) atoms. The van der Waals surface area contributed by atoms with Crippen molar-refractivity contribution in [3.63, 3.8) is 0 Å². The Bertz CT molecular complexity index is 181. The van der Waals surface area contributed by atoms with Gasteiger partial charge in [0, 0.05) is 6.42 Å². The van der Waals surface area contributed by atoms with E-state index in [4.69, 9.17) is 5.73 Å². The minimum Gasteiger partial charge on any atom is -0.467 e. The molecule has 0 amide bonds. The number of carbonyl (C=O) groups excluding carboxylic acids is 1. The topological polar surface area (TPSA) is 64.7 Å². The molecule has 1 aliphatic rings. The Hall–Kier alpha value is -0.770. The van der Waals surface area contributed by atoms with E-state index in [0.717, 1.165) is 0 Å². The van der Waals surface area contributed by atoms with E-state index in [2.05, 4.69) is 9.73 Å². The molecule has 1 atom stereocenters. The summed E-state index contributed by atoms with van der Waals surface area (Å²) in [6, 6.07) is -0.343. The maximum absolute atomic E-state index is 10.8. The number of aliphatic imine (C=N–C) groups is 1. The highest BCUT2D eigenvalue weighted by molar-refractivity contribution is 5.88. The summed E-state index contributed by atoms with van der Waals surface area (Å²) in [6.45, 7) is 0. The van der Waals surface area contributed by atoms with Gasteiger partial charge in [0.25, 0.3) is 0 Å². The van der Waals surface area contributed by atoms with E-state index in [-0.39, 0.29) is 24.4 Å². The SMILES string of the molecule is COC(=O)[C@@H]1CCC(N)=N1.Cl. The van der Waals surface area contributed by atoms with Gasteiger partial charge in [-0.05, 0) is 6.42 Å². The Labute approximate surface area is 71.2 Å². The Morgan fingerprint density at radius 3 is 2.82 bits per heavy atom. The highest BCUT2D eigenvalue weighted by Crippen LogP contribution is 2.11. The number of ether oxygens (including phenoxy) is 1. The summed E-state index contributed by atoms with van der Waals surface area (Å²) < 4.78 is 4.48. The second-order valence-corrected chi connectivity index (χ2v) is 2.20. The number of hydrogen-bond donors (Lipinski definition) is 1. The first kappa shape index (κ1) is 10.2. The van der Waals surface area contributed by atoms with Crippen molar-refractivity contribution in [1.82, 2.24) is 0 Å². The van der Waals surface area contributed by atoms with E-state index in [9.17, 15) is 4.79 Å². The molecule has 0 unspecified atom stereocenters. The van der Waals surface area contributed by atoms with Crippen molar-refractivity contribution in [2.45, 2.75) is 18.9 Å². The molecule has 0 saturated carbocycles. The first-order valence-electron chi connectivity index (χ1n) is 3.14. The molecule has 0 aromatic carbocycles. The zero-order chi connectivity index (χ0) is 7.56. The first-order chi connectivity index (χ1) is 4.74. The maximum atomic E-state index is 10.8. The second kappa shape index (κ2) is 4.18. The van der Waals surface area contributed by atoms with Crippen LogP contribution in [0.3, 0.4) is 0 Å². The summed E-state index contributed by atoms with van der Waals surface area (Å²) in [6.07, 6.45) is 1.40. The standard InChI is InChI=1S/C6H10N2O2.ClH/c1-10-6(9)4-2-3-5(7)8-4;/h4H,2-3H2,1H3,(H2,7,8);1H/t4-;/m0./s1. The Morgan fingerprint density at radius 1 is 1.82 bits per heavy atom. The van der Waals surface area contributed by atoms with E-state index in [1.54, 1.807) is 0 Å². The summed E-state index contributed by atoms with van der Waals surface area (Å²) in [4.78, 5) is 14.7. The number of nitrogens with two attached hydrogens (primary N) is 1. The third kappa shape index (κ3) is 2.38. The molecule has 2 N–H and O–H groups in total. The lowest BCUT2D eigenvalue weighted by Crippen LogP contribution is -2.17. The van der Waals surface area contributed by atoms with Crippen molar-refractivity contribution < 1.29 is 9.53 Å². The summed E-state index contributed by atoms with van der Waals surface area (Å²) in [7, 11) is 1.35. The van der Waals surface area contributed by atoms with Gasteiger partial charge in [0.15, 0.2) is 0 Å². The molecule has 64 valence electrons. The lowest BCUT2D eigenvalue weighted by atomic mass is 10.2. The molecule has 0 radical (unpaired) electrons. The monoisotopic (exact) mass is 178 g/mol. The van der Waals surface area contributed by atoms with Crippen LogP contribution in [0.15, 0.2) is 4.99 Å². The van der Waals surface area contributed by atoms with Crippen molar-refractivity contribution in [2.24, 2.45) is 10.7 Å². The quantitative estimate of drug-likeness (QED) is 0.580. The number of esters is 1. The van der Waals surface area contributed by atoms with Crippen LogP contribution in [0.2, 0.25) is 0 Å². The smallest absolute Gasteiger partial charge is 0.330 e. The van der Waals surface area contributed by atoms with Crippen LogP contribution in [0.1, 0.15) is 12.8 Å². The zero-order valence-electron chi connectivity index (χ0n) is 6.24. The van der Waals surface area contributed by atoms with E-state index in [0.29, 0.717) is 18.7 Å². The summed E-state index contributed by atoms with van der Waals surface area (Å²) in [5.74, 6) is 0.260. The molecule has 1 rings (SSSR count). The fraction of sp³-hybridized carbons (Fsp3) is 0.667.